The molecule has 1 nitrogen and oxygen atoms in total. The molecular weight excluding hydrogens is 236 g/mol. The molecule has 0 unspecified atom stereocenters. The zero-order valence-corrected chi connectivity index (χ0v) is 7.70. The highest BCUT2D eigenvalue weighted by Crippen LogP contribution is 2.39. The smallest absolute Gasteiger partial charge is 0.250 e. The summed E-state index contributed by atoms with van der Waals surface area (Å²) >= 11 is 2.58. The van der Waals surface area contributed by atoms with Crippen molar-refractivity contribution in [3.8, 4) is 0 Å². The van der Waals surface area contributed by atoms with E-state index in [0.29, 0.717) is 16.8 Å². The molecule has 0 aliphatic carbocycles. The molecule has 0 aliphatic heterocycles. The van der Waals surface area contributed by atoms with E-state index in [4.69, 9.17) is 0 Å². The van der Waals surface area contributed by atoms with Crippen molar-refractivity contribution >= 4 is 27.7 Å². The van der Waals surface area contributed by atoms with Crippen molar-refractivity contribution in [2.45, 2.75) is 9.19 Å². The molecule has 0 amide bonds. The standard InChI is InChI=1S/C6H4BrF2NS/c7-6(8,9)11-5-3-1-2-4-10-5/h1-4H. The van der Waals surface area contributed by atoms with Gasteiger partial charge in [-0.2, -0.15) is 8.78 Å². The van der Waals surface area contributed by atoms with Crippen molar-refractivity contribution in [1.82, 2.24) is 4.98 Å². The molecule has 60 valence electrons. The first-order valence-corrected chi connectivity index (χ1v) is 4.36. The minimum atomic E-state index is -2.93. The molecule has 11 heavy (non-hydrogen) atoms. The average Bonchev–Trinajstić information content (AvgIpc) is 1.85. The third-order valence-corrected chi connectivity index (χ3v) is 2.03. The summed E-state index contributed by atoms with van der Waals surface area (Å²) in [7, 11) is 0. The second-order valence-electron chi connectivity index (χ2n) is 1.72. The van der Waals surface area contributed by atoms with Gasteiger partial charge in [-0.25, -0.2) is 4.98 Å². The molecule has 0 saturated heterocycles. The zero-order chi connectivity index (χ0) is 8.32. The first kappa shape index (κ1) is 8.93. The Balaban J connectivity index is 2.66. The van der Waals surface area contributed by atoms with E-state index >= 15 is 0 Å². The van der Waals surface area contributed by atoms with Crippen LogP contribution in [0.15, 0.2) is 29.4 Å². The number of hydrogen-bond donors (Lipinski definition) is 0. The second kappa shape index (κ2) is 3.49. The van der Waals surface area contributed by atoms with E-state index in [1.54, 1.807) is 12.1 Å². The van der Waals surface area contributed by atoms with Gasteiger partial charge in [-0.15, -0.1) is 0 Å². The van der Waals surface area contributed by atoms with E-state index in [1.807, 2.05) is 0 Å². The van der Waals surface area contributed by atoms with Crippen LogP contribution in [0, 0.1) is 0 Å². The van der Waals surface area contributed by atoms with Crippen LogP contribution in [0.25, 0.3) is 0 Å². The average molecular weight is 240 g/mol. The Bertz CT molecular complexity index is 224. The lowest BCUT2D eigenvalue weighted by atomic mass is 10.5. The van der Waals surface area contributed by atoms with Crippen molar-refractivity contribution in [3.05, 3.63) is 24.4 Å². The molecule has 0 fully saturated rings. The monoisotopic (exact) mass is 239 g/mol. The molecular formula is C6H4BrF2NS. The summed E-state index contributed by atoms with van der Waals surface area (Å²) in [4.78, 5) is 3.72. The van der Waals surface area contributed by atoms with Gasteiger partial charge in [-0.05, 0) is 23.9 Å². The predicted molar refractivity (Wildman–Crippen MR) is 44.0 cm³/mol. The van der Waals surface area contributed by atoms with Crippen LogP contribution in [0.5, 0.6) is 0 Å². The molecule has 1 aromatic heterocycles. The van der Waals surface area contributed by atoms with Crippen molar-refractivity contribution in [2.24, 2.45) is 0 Å². The van der Waals surface area contributed by atoms with E-state index in [-0.39, 0.29) is 0 Å². The molecule has 0 N–H and O–H groups in total. The fourth-order valence-corrected chi connectivity index (χ4v) is 1.52. The topological polar surface area (TPSA) is 12.9 Å². The summed E-state index contributed by atoms with van der Waals surface area (Å²) in [5.74, 6) is 0. The highest BCUT2D eigenvalue weighted by atomic mass is 79.9. The van der Waals surface area contributed by atoms with Crippen LogP contribution in [0.4, 0.5) is 8.78 Å². The number of thioether (sulfide) groups is 1. The predicted octanol–water partition coefficient (Wildman–Crippen LogP) is 3.12. The molecule has 1 heterocycles. The van der Waals surface area contributed by atoms with E-state index in [2.05, 4.69) is 20.9 Å². The normalized spacial score (nSPS) is 11.5. The lowest BCUT2D eigenvalue weighted by molar-refractivity contribution is 0.220. The van der Waals surface area contributed by atoms with Gasteiger partial charge < -0.3 is 0 Å². The summed E-state index contributed by atoms with van der Waals surface area (Å²) in [5.41, 5.74) is 0. The van der Waals surface area contributed by atoms with E-state index in [0.717, 1.165) is 0 Å². The maximum Gasteiger partial charge on any atom is 0.354 e. The quantitative estimate of drug-likeness (QED) is 0.581. The Kier molecular flexibility index (Phi) is 2.84. The Morgan fingerprint density at radius 1 is 1.45 bits per heavy atom. The Morgan fingerprint density at radius 3 is 2.64 bits per heavy atom. The largest absolute Gasteiger partial charge is 0.354 e. The first-order valence-electron chi connectivity index (χ1n) is 2.75. The molecule has 0 radical (unpaired) electrons. The number of aromatic nitrogens is 1. The Morgan fingerprint density at radius 2 is 2.18 bits per heavy atom. The van der Waals surface area contributed by atoms with Crippen molar-refractivity contribution in [2.75, 3.05) is 0 Å². The molecule has 0 saturated carbocycles. The summed E-state index contributed by atoms with van der Waals surface area (Å²) in [6, 6.07) is 4.87. The minimum Gasteiger partial charge on any atom is -0.250 e. The minimum absolute atomic E-state index is 0.300. The summed E-state index contributed by atoms with van der Waals surface area (Å²) in [5, 5.41) is 0.300. The van der Waals surface area contributed by atoms with Crippen LogP contribution in [0.2, 0.25) is 0 Å². The Hall–Kier alpha value is -0.160. The SMILES string of the molecule is FC(F)(Br)Sc1ccccn1. The molecule has 1 rings (SSSR count). The van der Waals surface area contributed by atoms with Gasteiger partial charge in [0.2, 0.25) is 0 Å². The van der Waals surface area contributed by atoms with Gasteiger partial charge in [0.15, 0.2) is 0 Å². The molecule has 0 atom stereocenters. The molecule has 1 aromatic rings. The van der Waals surface area contributed by atoms with Gasteiger partial charge in [-0.1, -0.05) is 6.07 Å². The summed E-state index contributed by atoms with van der Waals surface area (Å²) < 4.78 is 21.6. The number of hydrogen-bond acceptors (Lipinski definition) is 2. The molecule has 5 heteroatoms. The van der Waals surface area contributed by atoms with Crippen LogP contribution in [-0.2, 0) is 0 Å². The highest BCUT2D eigenvalue weighted by Gasteiger charge is 2.25. The Labute approximate surface area is 75.3 Å². The van der Waals surface area contributed by atoms with Crippen molar-refractivity contribution in [3.63, 3.8) is 0 Å². The number of alkyl halides is 3. The van der Waals surface area contributed by atoms with E-state index < -0.39 is 4.16 Å². The third-order valence-electron chi connectivity index (χ3n) is 0.858. The van der Waals surface area contributed by atoms with Crippen molar-refractivity contribution in [1.29, 1.82) is 0 Å². The van der Waals surface area contributed by atoms with Gasteiger partial charge in [-0.3, -0.25) is 0 Å². The van der Waals surface area contributed by atoms with Gasteiger partial charge in [0.05, 0.1) is 0 Å². The fourth-order valence-electron chi connectivity index (χ4n) is 0.526. The van der Waals surface area contributed by atoms with Crippen LogP contribution in [-0.4, -0.2) is 9.15 Å². The molecule has 0 aromatic carbocycles. The lowest BCUT2D eigenvalue weighted by Crippen LogP contribution is -1.96. The molecule has 0 spiro atoms. The van der Waals surface area contributed by atoms with Crippen LogP contribution >= 0.6 is 27.7 Å². The van der Waals surface area contributed by atoms with Gasteiger partial charge in [0.1, 0.15) is 5.03 Å². The number of nitrogens with zero attached hydrogens (tertiary/aromatic N) is 1. The summed E-state index contributed by atoms with van der Waals surface area (Å²) in [6.45, 7) is 0. The number of halogens is 3. The first-order chi connectivity index (χ1) is 5.08. The molecule has 0 aliphatic rings. The number of rotatable bonds is 2. The van der Waals surface area contributed by atoms with Crippen LogP contribution in [0.1, 0.15) is 0 Å². The maximum absolute atomic E-state index is 12.2. The zero-order valence-electron chi connectivity index (χ0n) is 5.30. The van der Waals surface area contributed by atoms with Crippen molar-refractivity contribution < 1.29 is 8.78 Å². The summed E-state index contributed by atoms with van der Waals surface area (Å²) in [6.07, 6.45) is 1.47. The van der Waals surface area contributed by atoms with Gasteiger partial charge in [0, 0.05) is 22.1 Å². The highest BCUT2D eigenvalue weighted by molar-refractivity contribution is 9.11. The number of pyridine rings is 1. The van der Waals surface area contributed by atoms with E-state index in [9.17, 15) is 8.78 Å². The van der Waals surface area contributed by atoms with Crippen LogP contribution in [0.3, 0.4) is 0 Å². The third kappa shape index (κ3) is 3.67. The van der Waals surface area contributed by atoms with Gasteiger partial charge >= 0.3 is 4.16 Å². The lowest BCUT2D eigenvalue weighted by Gasteiger charge is -2.04. The maximum atomic E-state index is 12.2. The van der Waals surface area contributed by atoms with Crippen LogP contribution < -0.4 is 0 Å². The van der Waals surface area contributed by atoms with Gasteiger partial charge in [0.25, 0.3) is 0 Å². The second-order valence-corrected chi connectivity index (χ2v) is 4.37. The fraction of sp³-hybridized carbons (Fsp3) is 0.167. The van der Waals surface area contributed by atoms with E-state index in [1.165, 1.54) is 12.3 Å². The molecule has 0 bridgehead atoms.